The minimum absolute atomic E-state index is 0.389. The molecule has 1 aliphatic carbocycles. The molecule has 2 nitrogen and oxygen atoms in total. The largest absolute Gasteiger partial charge is 0.317 e. The van der Waals surface area contributed by atoms with Gasteiger partial charge in [0, 0.05) is 6.42 Å². The second-order valence-corrected chi connectivity index (χ2v) is 4.74. The van der Waals surface area contributed by atoms with Crippen LogP contribution in [0.5, 0.6) is 0 Å². The highest BCUT2D eigenvalue weighted by molar-refractivity contribution is 5.96. The summed E-state index contributed by atoms with van der Waals surface area (Å²) in [5, 5.41) is 3.41. The van der Waals surface area contributed by atoms with Gasteiger partial charge in [-0.25, -0.2) is 0 Å². The Morgan fingerprint density at radius 3 is 2.88 bits per heavy atom. The summed E-state index contributed by atoms with van der Waals surface area (Å²) >= 11 is 0. The molecule has 0 heterocycles. The molecule has 0 spiro atoms. The van der Waals surface area contributed by atoms with Crippen molar-refractivity contribution < 1.29 is 4.79 Å². The van der Waals surface area contributed by atoms with Crippen LogP contribution in [0.1, 0.15) is 52.4 Å². The lowest BCUT2D eigenvalue weighted by atomic mass is 9.82. The Bertz CT molecular complexity index is 245. The smallest absolute Gasteiger partial charge is 0.158 e. The summed E-state index contributed by atoms with van der Waals surface area (Å²) in [5.41, 5.74) is 1.06. The first-order valence-electron chi connectivity index (χ1n) is 6.67. The van der Waals surface area contributed by atoms with Crippen molar-refractivity contribution in [2.75, 3.05) is 13.1 Å². The Balaban J connectivity index is 2.13. The van der Waals surface area contributed by atoms with Crippen LogP contribution in [0, 0.1) is 5.92 Å². The maximum absolute atomic E-state index is 11.7. The van der Waals surface area contributed by atoms with Gasteiger partial charge in [0.15, 0.2) is 5.78 Å². The van der Waals surface area contributed by atoms with Crippen LogP contribution in [-0.4, -0.2) is 18.9 Å². The van der Waals surface area contributed by atoms with Crippen molar-refractivity contribution >= 4 is 5.78 Å². The summed E-state index contributed by atoms with van der Waals surface area (Å²) in [4.78, 5) is 11.7. The first-order chi connectivity index (χ1) is 7.77. The molecule has 1 rings (SSSR count). The molecule has 0 bridgehead atoms. The van der Waals surface area contributed by atoms with E-state index in [2.05, 4.69) is 12.2 Å². The van der Waals surface area contributed by atoms with Crippen LogP contribution in [0.15, 0.2) is 11.6 Å². The molecule has 0 radical (unpaired) electrons. The molecule has 1 saturated carbocycles. The normalized spacial score (nSPS) is 24.0. The van der Waals surface area contributed by atoms with E-state index >= 15 is 0 Å². The fourth-order valence-electron chi connectivity index (χ4n) is 2.36. The standard InChI is InChI=1S/C14H25NO/c1-3-9-15-10-5-6-12-7-8-13(4-2)14(16)11-12/h4,12,15H,3,5-11H2,1-2H3/b13-4+/t12-/m0/s1. The Morgan fingerprint density at radius 2 is 2.25 bits per heavy atom. The lowest BCUT2D eigenvalue weighted by Crippen LogP contribution is -2.20. The molecule has 0 amide bonds. The number of rotatable bonds is 6. The molecule has 1 aliphatic rings. The summed E-state index contributed by atoms with van der Waals surface area (Å²) in [5.74, 6) is 1.03. The van der Waals surface area contributed by atoms with Crippen LogP contribution >= 0.6 is 0 Å². The first kappa shape index (κ1) is 13.4. The van der Waals surface area contributed by atoms with Crippen molar-refractivity contribution in [2.24, 2.45) is 5.92 Å². The molecule has 0 aromatic heterocycles. The van der Waals surface area contributed by atoms with Gasteiger partial charge in [-0.3, -0.25) is 4.79 Å². The number of carbonyl (C=O) groups excluding carboxylic acids is 1. The summed E-state index contributed by atoms with van der Waals surface area (Å²) in [7, 11) is 0. The maximum atomic E-state index is 11.7. The van der Waals surface area contributed by atoms with Gasteiger partial charge in [-0.1, -0.05) is 13.0 Å². The second kappa shape index (κ2) is 7.61. The van der Waals surface area contributed by atoms with E-state index in [1.807, 2.05) is 13.0 Å². The van der Waals surface area contributed by atoms with Crippen molar-refractivity contribution in [3.8, 4) is 0 Å². The van der Waals surface area contributed by atoms with Gasteiger partial charge in [0.25, 0.3) is 0 Å². The van der Waals surface area contributed by atoms with E-state index < -0.39 is 0 Å². The van der Waals surface area contributed by atoms with Crippen molar-refractivity contribution in [3.63, 3.8) is 0 Å². The van der Waals surface area contributed by atoms with Gasteiger partial charge in [0.05, 0.1) is 0 Å². The Labute approximate surface area is 99.5 Å². The summed E-state index contributed by atoms with van der Waals surface area (Å²) in [6, 6.07) is 0. The van der Waals surface area contributed by atoms with Crippen LogP contribution < -0.4 is 5.32 Å². The van der Waals surface area contributed by atoms with E-state index in [1.165, 1.54) is 25.7 Å². The summed E-state index contributed by atoms with van der Waals surface area (Å²) in [6.45, 7) is 6.38. The number of nitrogens with one attached hydrogen (secondary N) is 1. The minimum atomic E-state index is 0.389. The topological polar surface area (TPSA) is 29.1 Å². The Morgan fingerprint density at radius 1 is 1.44 bits per heavy atom. The van der Waals surface area contributed by atoms with Gasteiger partial charge in [-0.2, -0.15) is 0 Å². The Kier molecular flexibility index (Phi) is 6.39. The third-order valence-corrected chi connectivity index (χ3v) is 3.40. The second-order valence-electron chi connectivity index (χ2n) is 4.74. The quantitative estimate of drug-likeness (QED) is 0.554. The molecule has 0 saturated heterocycles. The zero-order chi connectivity index (χ0) is 11.8. The predicted octanol–water partition coefficient (Wildman–Crippen LogP) is 3.08. The van der Waals surface area contributed by atoms with Gasteiger partial charge in [-0.15, -0.1) is 0 Å². The van der Waals surface area contributed by atoms with E-state index in [9.17, 15) is 4.79 Å². The van der Waals surface area contributed by atoms with Crippen molar-refractivity contribution in [3.05, 3.63) is 11.6 Å². The lowest BCUT2D eigenvalue weighted by molar-refractivity contribution is -0.117. The molecule has 1 atom stereocenters. The molecule has 1 fully saturated rings. The van der Waals surface area contributed by atoms with E-state index in [0.717, 1.165) is 31.5 Å². The molecule has 1 N–H and O–H groups in total. The number of Topliss-reactive ketones (excluding diaryl/α,β-unsaturated/α-hetero) is 1. The number of hydrogen-bond acceptors (Lipinski definition) is 2. The monoisotopic (exact) mass is 223 g/mol. The van der Waals surface area contributed by atoms with Gasteiger partial charge >= 0.3 is 0 Å². The summed E-state index contributed by atoms with van der Waals surface area (Å²) < 4.78 is 0. The molecule has 0 aromatic carbocycles. The predicted molar refractivity (Wildman–Crippen MR) is 68.5 cm³/mol. The van der Waals surface area contributed by atoms with Gasteiger partial charge in [0.2, 0.25) is 0 Å². The average molecular weight is 223 g/mol. The van der Waals surface area contributed by atoms with Crippen LogP contribution in [0.4, 0.5) is 0 Å². The third-order valence-electron chi connectivity index (χ3n) is 3.40. The van der Waals surface area contributed by atoms with E-state index in [-0.39, 0.29) is 0 Å². The van der Waals surface area contributed by atoms with Crippen LogP contribution in [0.2, 0.25) is 0 Å². The van der Waals surface area contributed by atoms with Gasteiger partial charge < -0.3 is 5.32 Å². The highest BCUT2D eigenvalue weighted by Crippen LogP contribution is 2.28. The number of allylic oxidation sites excluding steroid dienone is 2. The highest BCUT2D eigenvalue weighted by Gasteiger charge is 2.22. The van der Waals surface area contributed by atoms with E-state index in [1.54, 1.807) is 0 Å². The Hall–Kier alpha value is -0.630. The zero-order valence-electron chi connectivity index (χ0n) is 10.7. The third kappa shape index (κ3) is 4.48. The maximum Gasteiger partial charge on any atom is 0.158 e. The van der Waals surface area contributed by atoms with Gasteiger partial charge in [-0.05, 0) is 63.6 Å². The summed E-state index contributed by atoms with van der Waals surface area (Å²) in [6.07, 6.45) is 8.60. The number of carbonyl (C=O) groups is 1. The lowest BCUT2D eigenvalue weighted by Gasteiger charge is -2.22. The first-order valence-corrected chi connectivity index (χ1v) is 6.67. The zero-order valence-corrected chi connectivity index (χ0v) is 10.7. The minimum Gasteiger partial charge on any atom is -0.317 e. The number of ketones is 1. The molecule has 0 aromatic rings. The van der Waals surface area contributed by atoms with E-state index in [0.29, 0.717) is 11.7 Å². The van der Waals surface area contributed by atoms with Crippen molar-refractivity contribution in [2.45, 2.75) is 52.4 Å². The van der Waals surface area contributed by atoms with E-state index in [4.69, 9.17) is 0 Å². The fourth-order valence-corrected chi connectivity index (χ4v) is 2.36. The molecule has 0 aliphatic heterocycles. The molecule has 92 valence electrons. The highest BCUT2D eigenvalue weighted by atomic mass is 16.1. The SMILES string of the molecule is C/C=C1\CC[C@H](CCCNCCC)CC1=O. The van der Waals surface area contributed by atoms with Crippen LogP contribution in [0.25, 0.3) is 0 Å². The molecular formula is C14H25NO. The average Bonchev–Trinajstić information content (AvgIpc) is 2.29. The number of hydrogen-bond donors (Lipinski definition) is 1. The molecule has 16 heavy (non-hydrogen) atoms. The van der Waals surface area contributed by atoms with Crippen LogP contribution in [0.3, 0.4) is 0 Å². The van der Waals surface area contributed by atoms with Crippen LogP contribution in [-0.2, 0) is 4.79 Å². The fraction of sp³-hybridized carbons (Fsp3) is 0.786. The molecule has 0 unspecified atom stereocenters. The van der Waals surface area contributed by atoms with Gasteiger partial charge in [0.1, 0.15) is 0 Å². The molecular weight excluding hydrogens is 198 g/mol. The molecule has 2 heteroatoms. The van der Waals surface area contributed by atoms with Crippen molar-refractivity contribution in [1.82, 2.24) is 5.32 Å². The van der Waals surface area contributed by atoms with Crippen molar-refractivity contribution in [1.29, 1.82) is 0 Å².